The van der Waals surface area contributed by atoms with Gasteiger partial charge in [0.2, 0.25) is 0 Å². The van der Waals surface area contributed by atoms with E-state index in [1.54, 1.807) is 12.1 Å². The summed E-state index contributed by atoms with van der Waals surface area (Å²) in [7, 11) is 0. The van der Waals surface area contributed by atoms with Crippen LogP contribution >= 0.6 is 11.6 Å². The number of carbonyl (C=O) groups excluding carboxylic acids is 2. The van der Waals surface area contributed by atoms with Gasteiger partial charge >= 0.3 is 6.03 Å². The highest BCUT2D eigenvalue weighted by Crippen LogP contribution is 2.34. The number of hydrogen-bond acceptors (Lipinski definition) is 3. The van der Waals surface area contributed by atoms with Crippen molar-refractivity contribution in [2.24, 2.45) is 0 Å². The first-order valence-electron chi connectivity index (χ1n) is 17.0. The number of carbonyl (C=O) groups is 2. The lowest BCUT2D eigenvalue weighted by molar-refractivity contribution is 0.0948. The molecule has 6 nitrogen and oxygen atoms in total. The minimum absolute atomic E-state index is 0.123. The van der Waals surface area contributed by atoms with E-state index in [1.165, 1.54) is 36.0 Å². The Balaban J connectivity index is 0.00000109. The van der Waals surface area contributed by atoms with Crippen LogP contribution in [-0.2, 0) is 13.0 Å². The molecule has 3 amide bonds. The van der Waals surface area contributed by atoms with Crippen LogP contribution in [0.25, 0.3) is 0 Å². The average Bonchev–Trinajstić information content (AvgIpc) is 3.19. The number of fused-ring (bicyclic) bond motifs is 1. The molecule has 0 saturated carbocycles. The fourth-order valence-electron chi connectivity index (χ4n) is 5.87. The van der Waals surface area contributed by atoms with Crippen molar-refractivity contribution >= 4 is 23.5 Å². The van der Waals surface area contributed by atoms with E-state index in [0.29, 0.717) is 23.2 Å². The largest absolute Gasteiger partial charge is 0.352 e. The van der Waals surface area contributed by atoms with Gasteiger partial charge in [-0.05, 0) is 107 Å². The Morgan fingerprint density at radius 1 is 1.02 bits per heavy atom. The molecule has 1 aliphatic carbocycles. The van der Waals surface area contributed by atoms with E-state index in [-0.39, 0.29) is 24.5 Å². The molecule has 1 heterocycles. The van der Waals surface area contributed by atoms with E-state index < -0.39 is 0 Å². The zero-order chi connectivity index (χ0) is 33.2. The molecule has 0 bridgehead atoms. The Hall–Kier alpha value is -3.09. The summed E-state index contributed by atoms with van der Waals surface area (Å²) in [6.07, 6.45) is 11.8. The molecule has 1 aliphatic heterocycles. The summed E-state index contributed by atoms with van der Waals surface area (Å²) in [4.78, 5) is 28.1. The molecule has 2 aromatic carbocycles. The maximum Gasteiger partial charge on any atom is 0.315 e. The Morgan fingerprint density at radius 2 is 1.76 bits per heavy atom. The Bertz CT molecular complexity index is 1270. The van der Waals surface area contributed by atoms with Gasteiger partial charge in [-0.2, -0.15) is 0 Å². The second-order valence-electron chi connectivity index (χ2n) is 11.6. The van der Waals surface area contributed by atoms with Gasteiger partial charge in [0, 0.05) is 36.3 Å². The van der Waals surface area contributed by atoms with Crippen molar-refractivity contribution in [3.8, 4) is 0 Å². The van der Waals surface area contributed by atoms with Crippen LogP contribution < -0.4 is 16.0 Å². The van der Waals surface area contributed by atoms with Crippen molar-refractivity contribution in [2.75, 3.05) is 19.6 Å². The second kappa shape index (κ2) is 20.8. The number of piperidine rings is 1. The predicted molar refractivity (Wildman–Crippen MR) is 191 cm³/mol. The third-order valence-electron chi connectivity index (χ3n) is 8.69. The molecule has 3 N–H and O–H groups in total. The summed E-state index contributed by atoms with van der Waals surface area (Å²) in [5.74, 6) is -0.123. The molecular formula is C38H57ClN4O2. The predicted octanol–water partition coefficient (Wildman–Crippen LogP) is 9.16. The molecule has 2 aliphatic rings. The normalized spacial score (nSPS) is 18.0. The first kappa shape index (κ1) is 38.1. The van der Waals surface area contributed by atoms with Crippen LogP contribution in [0.15, 0.2) is 65.8 Å². The van der Waals surface area contributed by atoms with Crippen molar-refractivity contribution in [1.82, 2.24) is 20.9 Å². The van der Waals surface area contributed by atoms with Crippen LogP contribution in [-0.4, -0.2) is 42.5 Å². The monoisotopic (exact) mass is 636 g/mol. The highest BCUT2D eigenvalue weighted by molar-refractivity contribution is 6.31. The van der Waals surface area contributed by atoms with Gasteiger partial charge < -0.3 is 20.9 Å². The van der Waals surface area contributed by atoms with Crippen LogP contribution in [0.3, 0.4) is 0 Å². The fraction of sp³-hybridized carbons (Fsp3) is 0.526. The fourth-order valence-corrected chi connectivity index (χ4v) is 6.12. The third-order valence-corrected chi connectivity index (χ3v) is 9.04. The standard InChI is InChI=1S/C32H43ClN4O2.C4H8.C2H6/c1-4-24-13-14-25-11-5-6-12-28(25)30(23(24)3)36-32(39)35-21-27-16-15-26(20-29(27)33)31(38)34-17-9-19-37-18-8-7-10-22(37)2;1-3-4-2;1-2/h5-6,11-12,15-16,20,22,30H,4,7-10,13-14,17-19,21H2,1-3H3,(H,34,38)(H2,35,36,39);3-4H,1-2H3;1-2H3/b;4-3-;. The lowest BCUT2D eigenvalue weighted by atomic mass is 9.95. The van der Waals surface area contributed by atoms with Gasteiger partial charge in [-0.1, -0.05) is 86.8 Å². The van der Waals surface area contributed by atoms with E-state index in [2.05, 4.69) is 59.8 Å². The molecule has 0 spiro atoms. The zero-order valence-electron chi connectivity index (χ0n) is 28.8. The number of amides is 3. The maximum atomic E-state index is 13.0. The van der Waals surface area contributed by atoms with Crippen LogP contribution in [0, 0.1) is 0 Å². The number of likely N-dealkylation sites (tertiary alicyclic amines) is 1. The molecule has 7 heteroatoms. The lowest BCUT2D eigenvalue weighted by Gasteiger charge is -2.33. The van der Waals surface area contributed by atoms with E-state index in [1.807, 2.05) is 52.0 Å². The second-order valence-corrected chi connectivity index (χ2v) is 12.0. The van der Waals surface area contributed by atoms with E-state index >= 15 is 0 Å². The maximum absolute atomic E-state index is 13.0. The number of nitrogens with one attached hydrogen (secondary N) is 3. The van der Waals surface area contributed by atoms with Gasteiger partial charge in [-0.15, -0.1) is 0 Å². The Kier molecular flexibility index (Phi) is 17.6. The topological polar surface area (TPSA) is 73.5 Å². The number of benzene rings is 2. The molecule has 2 atom stereocenters. The minimum Gasteiger partial charge on any atom is -0.352 e. The van der Waals surface area contributed by atoms with Crippen LogP contribution in [0.4, 0.5) is 4.79 Å². The summed E-state index contributed by atoms with van der Waals surface area (Å²) >= 11 is 6.51. The highest BCUT2D eigenvalue weighted by atomic mass is 35.5. The third kappa shape index (κ3) is 12.0. The first-order valence-corrected chi connectivity index (χ1v) is 17.3. The molecule has 2 aromatic rings. The van der Waals surface area contributed by atoms with Crippen molar-refractivity contribution in [3.05, 3.63) is 93.0 Å². The van der Waals surface area contributed by atoms with Crippen molar-refractivity contribution in [1.29, 1.82) is 0 Å². The van der Waals surface area contributed by atoms with Crippen LogP contribution in [0.2, 0.25) is 5.02 Å². The molecule has 2 unspecified atom stereocenters. The van der Waals surface area contributed by atoms with E-state index in [9.17, 15) is 9.59 Å². The number of hydrogen-bond donors (Lipinski definition) is 3. The Labute approximate surface area is 278 Å². The van der Waals surface area contributed by atoms with Gasteiger partial charge in [0.1, 0.15) is 0 Å². The van der Waals surface area contributed by atoms with Gasteiger partial charge in [0.05, 0.1) is 6.04 Å². The minimum atomic E-state index is -0.243. The first-order chi connectivity index (χ1) is 21.8. The van der Waals surface area contributed by atoms with Gasteiger partial charge in [0.15, 0.2) is 0 Å². The molecule has 45 heavy (non-hydrogen) atoms. The van der Waals surface area contributed by atoms with Crippen molar-refractivity contribution in [3.63, 3.8) is 0 Å². The number of aryl methyl sites for hydroxylation is 1. The number of urea groups is 1. The SMILES string of the molecule is C/C=C\C.CC.CCC1=C(C)C(NC(=O)NCc2ccc(C(=O)NCCCN3CCCCC3C)cc2Cl)c2ccccc2CC1. The molecule has 0 radical (unpaired) electrons. The smallest absolute Gasteiger partial charge is 0.315 e. The summed E-state index contributed by atoms with van der Waals surface area (Å²) in [6, 6.07) is 13.9. The average molecular weight is 637 g/mol. The van der Waals surface area contributed by atoms with Crippen LogP contribution in [0.1, 0.15) is 120 Å². The summed E-state index contributed by atoms with van der Waals surface area (Å²) in [5, 5.41) is 9.62. The summed E-state index contributed by atoms with van der Waals surface area (Å²) < 4.78 is 0. The number of allylic oxidation sites excluding steroid dienone is 3. The number of nitrogens with zero attached hydrogens (tertiary/aromatic N) is 1. The quantitative estimate of drug-likeness (QED) is 0.190. The summed E-state index contributed by atoms with van der Waals surface area (Å²) in [6.45, 7) is 17.7. The molecule has 4 rings (SSSR count). The molecule has 248 valence electrons. The van der Waals surface area contributed by atoms with Crippen LogP contribution in [0.5, 0.6) is 0 Å². The number of rotatable bonds is 9. The van der Waals surface area contributed by atoms with E-state index in [0.717, 1.165) is 49.9 Å². The molecular weight excluding hydrogens is 580 g/mol. The molecule has 0 aromatic heterocycles. The number of halogens is 1. The van der Waals surface area contributed by atoms with Gasteiger partial charge in [0.25, 0.3) is 5.91 Å². The lowest BCUT2D eigenvalue weighted by Crippen LogP contribution is -2.39. The Morgan fingerprint density at radius 3 is 2.42 bits per heavy atom. The summed E-state index contributed by atoms with van der Waals surface area (Å²) in [5.41, 5.74) is 6.36. The van der Waals surface area contributed by atoms with E-state index in [4.69, 9.17) is 11.6 Å². The van der Waals surface area contributed by atoms with Gasteiger partial charge in [-0.3, -0.25) is 4.79 Å². The van der Waals surface area contributed by atoms with Gasteiger partial charge in [-0.25, -0.2) is 4.79 Å². The highest BCUT2D eigenvalue weighted by Gasteiger charge is 2.24. The van der Waals surface area contributed by atoms with Crippen molar-refractivity contribution in [2.45, 2.75) is 112 Å². The molecule has 1 saturated heterocycles. The zero-order valence-corrected chi connectivity index (χ0v) is 29.5. The molecule has 1 fully saturated rings. The van der Waals surface area contributed by atoms with Crippen molar-refractivity contribution < 1.29 is 9.59 Å².